The van der Waals surface area contributed by atoms with E-state index in [-0.39, 0.29) is 4.90 Å². The Balaban J connectivity index is 2.72. The van der Waals surface area contributed by atoms with Crippen LogP contribution in [0.15, 0.2) is 23.1 Å². The average molecular weight is 373 g/mol. The van der Waals surface area contributed by atoms with Crippen molar-refractivity contribution in [2.45, 2.75) is 17.2 Å². The van der Waals surface area contributed by atoms with E-state index >= 15 is 0 Å². The molecule has 1 aromatic carbocycles. The second-order valence-corrected chi connectivity index (χ2v) is 5.73. The molecule has 0 aliphatic rings. The molecule has 0 saturated heterocycles. The lowest BCUT2D eigenvalue weighted by Gasteiger charge is -2.15. The molecule has 0 heterocycles. The smallest absolute Gasteiger partial charge is 0.344 e. The van der Waals surface area contributed by atoms with Gasteiger partial charge in [0.15, 0.2) is 19.0 Å². The highest BCUT2D eigenvalue weighted by Gasteiger charge is 2.42. The van der Waals surface area contributed by atoms with E-state index in [2.05, 4.69) is 4.74 Å². The monoisotopic (exact) mass is 373 g/mol. The second kappa shape index (κ2) is 8.04. The molecule has 24 heavy (non-hydrogen) atoms. The summed E-state index contributed by atoms with van der Waals surface area (Å²) in [6, 6.07) is 3.27. The SMILES string of the molecule is CS(=O)c1ccc(OCC(=O)OCC(F)(F)C(F)F)c([N+](=O)[O-])c1. The standard InChI is InChI=1S/C12H11F4NO6S/c1-24(21)7-2-3-9(8(4-7)17(19)20)22-5-10(18)23-6-12(15,16)11(13)14/h2-4,11H,5-6H2,1H3. The lowest BCUT2D eigenvalue weighted by atomic mass is 10.3. The molecule has 0 aromatic heterocycles. The summed E-state index contributed by atoms with van der Waals surface area (Å²) in [4.78, 5) is 21.4. The van der Waals surface area contributed by atoms with Gasteiger partial charge in [-0.2, -0.15) is 8.78 Å². The van der Waals surface area contributed by atoms with Crippen molar-refractivity contribution in [3.05, 3.63) is 28.3 Å². The van der Waals surface area contributed by atoms with Crippen LogP contribution in [0.25, 0.3) is 0 Å². The number of nitro groups is 1. The molecule has 0 bridgehead atoms. The molecule has 0 radical (unpaired) electrons. The largest absolute Gasteiger partial charge is 0.475 e. The van der Waals surface area contributed by atoms with Crippen LogP contribution in [0.2, 0.25) is 0 Å². The van der Waals surface area contributed by atoms with Crippen molar-refractivity contribution in [3.63, 3.8) is 0 Å². The summed E-state index contributed by atoms with van der Waals surface area (Å²) in [6.45, 7) is -2.85. The zero-order valence-electron chi connectivity index (χ0n) is 12.0. The van der Waals surface area contributed by atoms with E-state index in [1.54, 1.807) is 0 Å². The van der Waals surface area contributed by atoms with Gasteiger partial charge in [-0.05, 0) is 12.1 Å². The molecule has 0 amide bonds. The minimum absolute atomic E-state index is 0.133. The molecule has 0 aliphatic carbocycles. The molecule has 1 atom stereocenters. The van der Waals surface area contributed by atoms with E-state index in [0.717, 1.165) is 12.1 Å². The number of ether oxygens (including phenoxy) is 2. The van der Waals surface area contributed by atoms with Gasteiger partial charge < -0.3 is 9.47 Å². The summed E-state index contributed by atoms with van der Waals surface area (Å²) < 4.78 is 68.9. The van der Waals surface area contributed by atoms with Crippen molar-refractivity contribution >= 4 is 22.5 Å². The number of nitrogens with zero attached hydrogens (tertiary/aromatic N) is 1. The maximum Gasteiger partial charge on any atom is 0.344 e. The zero-order valence-corrected chi connectivity index (χ0v) is 12.9. The lowest BCUT2D eigenvalue weighted by molar-refractivity contribution is -0.386. The van der Waals surface area contributed by atoms with Gasteiger partial charge in [-0.3, -0.25) is 14.3 Å². The fraction of sp³-hybridized carbons (Fsp3) is 0.417. The minimum atomic E-state index is -4.51. The van der Waals surface area contributed by atoms with Crippen molar-refractivity contribution in [2.75, 3.05) is 19.5 Å². The Morgan fingerprint density at radius 1 is 1.42 bits per heavy atom. The van der Waals surface area contributed by atoms with Gasteiger partial charge in [0, 0.05) is 17.2 Å². The van der Waals surface area contributed by atoms with Crippen LogP contribution in [0, 0.1) is 10.1 Å². The molecule has 12 heteroatoms. The van der Waals surface area contributed by atoms with Crippen LogP contribution in [0.3, 0.4) is 0 Å². The predicted octanol–water partition coefficient (Wildman–Crippen LogP) is 2.15. The Hall–Kier alpha value is -2.24. The van der Waals surface area contributed by atoms with E-state index in [9.17, 15) is 36.7 Å². The molecule has 0 spiro atoms. The zero-order chi connectivity index (χ0) is 18.5. The Morgan fingerprint density at radius 3 is 2.54 bits per heavy atom. The molecule has 0 N–H and O–H groups in total. The van der Waals surface area contributed by atoms with Crippen molar-refractivity contribution in [1.29, 1.82) is 0 Å². The molecule has 0 fully saturated rings. The van der Waals surface area contributed by atoms with Gasteiger partial charge in [0.2, 0.25) is 0 Å². The number of carbonyl (C=O) groups excluding carboxylic acids is 1. The fourth-order valence-electron chi connectivity index (χ4n) is 1.36. The van der Waals surface area contributed by atoms with Gasteiger partial charge in [-0.1, -0.05) is 0 Å². The number of benzene rings is 1. The Morgan fingerprint density at radius 2 is 2.04 bits per heavy atom. The topological polar surface area (TPSA) is 95.7 Å². The highest BCUT2D eigenvalue weighted by molar-refractivity contribution is 7.84. The summed E-state index contributed by atoms with van der Waals surface area (Å²) in [7, 11) is -1.50. The highest BCUT2D eigenvalue weighted by atomic mass is 32.2. The maximum absolute atomic E-state index is 12.6. The normalized spacial score (nSPS) is 12.8. The van der Waals surface area contributed by atoms with Crippen LogP contribution in [-0.2, 0) is 20.3 Å². The highest BCUT2D eigenvalue weighted by Crippen LogP contribution is 2.29. The van der Waals surface area contributed by atoms with Gasteiger partial charge in [-0.15, -0.1) is 0 Å². The van der Waals surface area contributed by atoms with Crippen LogP contribution >= 0.6 is 0 Å². The Kier molecular flexibility index (Phi) is 6.63. The van der Waals surface area contributed by atoms with Crippen molar-refractivity contribution < 1.29 is 41.0 Å². The summed E-state index contributed by atoms with van der Waals surface area (Å²) in [5.41, 5.74) is -0.603. The van der Waals surface area contributed by atoms with Crippen molar-refractivity contribution in [1.82, 2.24) is 0 Å². The molecule has 1 rings (SSSR count). The first-order chi connectivity index (χ1) is 11.0. The van der Waals surface area contributed by atoms with Crippen molar-refractivity contribution in [2.24, 2.45) is 0 Å². The molecule has 7 nitrogen and oxygen atoms in total. The summed E-state index contributed by atoms with van der Waals surface area (Å²) >= 11 is 0. The number of esters is 1. The minimum Gasteiger partial charge on any atom is -0.475 e. The van der Waals surface area contributed by atoms with Gasteiger partial charge in [-0.25, -0.2) is 13.6 Å². The lowest BCUT2D eigenvalue weighted by Crippen LogP contribution is -2.34. The number of hydrogen-bond acceptors (Lipinski definition) is 6. The number of rotatable bonds is 8. The number of nitro benzene ring substituents is 1. The van der Waals surface area contributed by atoms with E-state index in [1.165, 1.54) is 12.3 Å². The third-order valence-electron chi connectivity index (χ3n) is 2.55. The van der Waals surface area contributed by atoms with Crippen LogP contribution in [0.5, 0.6) is 5.75 Å². The number of alkyl halides is 4. The second-order valence-electron chi connectivity index (χ2n) is 4.35. The van der Waals surface area contributed by atoms with Crippen LogP contribution in [0.4, 0.5) is 23.2 Å². The van der Waals surface area contributed by atoms with Gasteiger partial charge in [0.05, 0.1) is 15.7 Å². The quantitative estimate of drug-likeness (QED) is 0.300. The first-order valence-electron chi connectivity index (χ1n) is 6.11. The van der Waals surface area contributed by atoms with E-state index in [1.807, 2.05) is 0 Å². The molecule has 1 unspecified atom stereocenters. The third-order valence-corrected chi connectivity index (χ3v) is 3.47. The van der Waals surface area contributed by atoms with Gasteiger partial charge in [0.1, 0.15) is 0 Å². The van der Waals surface area contributed by atoms with Crippen LogP contribution in [-0.4, -0.2) is 46.9 Å². The number of carbonyl (C=O) groups is 1. The number of hydrogen-bond donors (Lipinski definition) is 0. The Labute approximate surface area is 135 Å². The summed E-state index contributed by atoms with van der Waals surface area (Å²) in [6.07, 6.45) is -2.71. The number of halogens is 4. The molecule has 0 saturated carbocycles. The van der Waals surface area contributed by atoms with E-state index in [4.69, 9.17) is 4.74 Å². The predicted molar refractivity (Wildman–Crippen MR) is 72.8 cm³/mol. The van der Waals surface area contributed by atoms with E-state index in [0.29, 0.717) is 0 Å². The first kappa shape index (κ1) is 19.8. The van der Waals surface area contributed by atoms with Gasteiger partial charge in [0.25, 0.3) is 0 Å². The molecule has 134 valence electrons. The molecular formula is C12H11F4NO6S. The van der Waals surface area contributed by atoms with Crippen LogP contribution in [0.1, 0.15) is 0 Å². The third kappa shape index (κ3) is 5.44. The first-order valence-corrected chi connectivity index (χ1v) is 7.66. The summed E-state index contributed by atoms with van der Waals surface area (Å²) in [5, 5.41) is 10.9. The average Bonchev–Trinajstić information content (AvgIpc) is 2.50. The van der Waals surface area contributed by atoms with E-state index < -0.39 is 58.7 Å². The molecule has 1 aromatic rings. The molecular weight excluding hydrogens is 362 g/mol. The maximum atomic E-state index is 12.6. The Bertz CT molecular complexity index is 654. The molecule has 0 aliphatic heterocycles. The fourth-order valence-corrected chi connectivity index (χ4v) is 1.90. The van der Waals surface area contributed by atoms with Gasteiger partial charge >= 0.3 is 24.0 Å². The summed E-state index contributed by atoms with van der Waals surface area (Å²) in [5.74, 6) is -6.31. The van der Waals surface area contributed by atoms with Crippen molar-refractivity contribution in [3.8, 4) is 5.75 Å². The van der Waals surface area contributed by atoms with Crippen LogP contribution < -0.4 is 4.74 Å².